The van der Waals surface area contributed by atoms with Gasteiger partial charge in [0.25, 0.3) is 0 Å². The molecule has 1 atom stereocenters. The van der Waals surface area contributed by atoms with Crippen LogP contribution in [0.25, 0.3) is 21.8 Å². The van der Waals surface area contributed by atoms with Gasteiger partial charge < -0.3 is 9.72 Å². The summed E-state index contributed by atoms with van der Waals surface area (Å²) >= 11 is 0. The fraction of sp³-hybridized carbons (Fsp3) is 0.267. The molecule has 0 fully saturated rings. The van der Waals surface area contributed by atoms with Crippen LogP contribution in [0.2, 0.25) is 0 Å². The van der Waals surface area contributed by atoms with Crippen LogP contribution in [0, 0.1) is 0 Å². The van der Waals surface area contributed by atoms with Gasteiger partial charge in [-0.2, -0.15) is 0 Å². The Labute approximate surface area is 106 Å². The van der Waals surface area contributed by atoms with Gasteiger partial charge in [0, 0.05) is 22.4 Å². The highest BCUT2D eigenvalue weighted by Gasteiger charge is 2.07. The molecule has 0 aliphatic rings. The van der Waals surface area contributed by atoms with Crippen molar-refractivity contribution in [3.8, 4) is 5.88 Å². The monoisotopic (exact) mass is 240 g/mol. The van der Waals surface area contributed by atoms with Gasteiger partial charge >= 0.3 is 0 Å². The molecule has 0 aliphatic heterocycles. The number of rotatable bonds is 3. The lowest BCUT2D eigenvalue weighted by Crippen LogP contribution is -2.10. The Morgan fingerprint density at radius 1 is 1.22 bits per heavy atom. The molecular weight excluding hydrogens is 224 g/mol. The third-order valence-corrected chi connectivity index (χ3v) is 3.26. The van der Waals surface area contributed by atoms with Crippen molar-refractivity contribution in [2.24, 2.45) is 0 Å². The molecule has 3 aromatic rings. The Morgan fingerprint density at radius 3 is 2.89 bits per heavy atom. The first kappa shape index (κ1) is 11.1. The van der Waals surface area contributed by atoms with Gasteiger partial charge in [-0.15, -0.1) is 0 Å². The largest absolute Gasteiger partial charge is 0.475 e. The number of fused-ring (bicyclic) bond motifs is 3. The van der Waals surface area contributed by atoms with Gasteiger partial charge in [0.1, 0.15) is 0 Å². The maximum absolute atomic E-state index is 5.76. The summed E-state index contributed by atoms with van der Waals surface area (Å²) in [5, 5.41) is 2.38. The Hall–Kier alpha value is -2.03. The summed E-state index contributed by atoms with van der Waals surface area (Å²) in [6, 6.07) is 10.3. The van der Waals surface area contributed by atoms with Crippen LogP contribution in [0.4, 0.5) is 0 Å². The van der Waals surface area contributed by atoms with Crippen LogP contribution in [0.1, 0.15) is 20.3 Å². The number of pyridine rings is 1. The molecule has 1 N–H and O–H groups in total. The molecule has 18 heavy (non-hydrogen) atoms. The van der Waals surface area contributed by atoms with E-state index in [-0.39, 0.29) is 6.10 Å². The minimum absolute atomic E-state index is 0.195. The molecular formula is C15H16N2O. The highest BCUT2D eigenvalue weighted by molar-refractivity contribution is 6.07. The number of nitrogens with one attached hydrogen (secondary N) is 1. The lowest BCUT2D eigenvalue weighted by molar-refractivity contribution is 0.209. The van der Waals surface area contributed by atoms with Crippen molar-refractivity contribution in [2.75, 3.05) is 0 Å². The molecule has 0 aliphatic carbocycles. The summed E-state index contributed by atoms with van der Waals surface area (Å²) in [5.74, 6) is 0.696. The number of aromatic nitrogens is 2. The van der Waals surface area contributed by atoms with Gasteiger partial charge in [0.05, 0.1) is 17.8 Å². The maximum atomic E-state index is 5.76. The van der Waals surface area contributed by atoms with Gasteiger partial charge in [-0.1, -0.05) is 25.1 Å². The number of hydrogen-bond donors (Lipinski definition) is 1. The molecule has 0 radical (unpaired) electrons. The lowest BCUT2D eigenvalue weighted by atomic mass is 10.2. The van der Waals surface area contributed by atoms with E-state index in [1.807, 2.05) is 24.4 Å². The van der Waals surface area contributed by atoms with Crippen molar-refractivity contribution in [3.05, 3.63) is 36.5 Å². The van der Waals surface area contributed by atoms with E-state index in [2.05, 4.69) is 35.9 Å². The van der Waals surface area contributed by atoms with Crippen molar-refractivity contribution < 1.29 is 4.74 Å². The molecule has 1 aromatic carbocycles. The van der Waals surface area contributed by atoms with Crippen LogP contribution in [0.3, 0.4) is 0 Å². The Bertz CT molecular complexity index is 687. The second-order valence-corrected chi connectivity index (χ2v) is 4.58. The van der Waals surface area contributed by atoms with Crippen LogP contribution < -0.4 is 4.74 Å². The number of nitrogens with zero attached hydrogens (tertiary/aromatic N) is 1. The first-order valence-electron chi connectivity index (χ1n) is 6.31. The number of para-hydroxylation sites is 1. The summed E-state index contributed by atoms with van der Waals surface area (Å²) in [4.78, 5) is 7.69. The van der Waals surface area contributed by atoms with Crippen LogP contribution in [0.15, 0.2) is 36.5 Å². The number of ether oxygens (including phenoxy) is 1. The third-order valence-electron chi connectivity index (χ3n) is 3.26. The molecule has 0 unspecified atom stereocenters. The van der Waals surface area contributed by atoms with Gasteiger partial charge in [-0.3, -0.25) is 0 Å². The summed E-state index contributed by atoms with van der Waals surface area (Å²) in [6.07, 6.45) is 3.01. The van der Waals surface area contributed by atoms with E-state index in [0.717, 1.165) is 17.5 Å². The Kier molecular flexibility index (Phi) is 2.67. The number of benzene rings is 1. The predicted molar refractivity (Wildman–Crippen MR) is 74.0 cm³/mol. The number of aromatic amines is 1. The minimum atomic E-state index is 0.195. The molecule has 0 saturated heterocycles. The quantitative estimate of drug-likeness (QED) is 0.754. The molecule has 92 valence electrons. The van der Waals surface area contributed by atoms with Crippen molar-refractivity contribution >= 4 is 21.8 Å². The van der Waals surface area contributed by atoms with Gasteiger partial charge in [-0.25, -0.2) is 4.98 Å². The summed E-state index contributed by atoms with van der Waals surface area (Å²) in [5.41, 5.74) is 2.18. The second kappa shape index (κ2) is 4.33. The summed E-state index contributed by atoms with van der Waals surface area (Å²) in [6.45, 7) is 4.16. The maximum Gasteiger partial charge on any atom is 0.214 e. The molecule has 0 bridgehead atoms. The van der Waals surface area contributed by atoms with Crippen molar-refractivity contribution in [1.82, 2.24) is 9.97 Å². The van der Waals surface area contributed by atoms with Crippen molar-refractivity contribution in [3.63, 3.8) is 0 Å². The number of hydrogen-bond acceptors (Lipinski definition) is 2. The van der Waals surface area contributed by atoms with Crippen LogP contribution in [0.5, 0.6) is 5.88 Å². The molecule has 2 aromatic heterocycles. The van der Waals surface area contributed by atoms with Crippen LogP contribution in [-0.4, -0.2) is 16.1 Å². The standard InChI is InChI=1S/C15H16N2O/c1-3-10(2)18-15-8-12-11-6-4-5-7-13(11)17-14(12)9-16-15/h4-10,17H,3H2,1-2H3/t10-/m1/s1. The Balaban J connectivity index is 2.12. The highest BCUT2D eigenvalue weighted by Crippen LogP contribution is 2.27. The van der Waals surface area contributed by atoms with Crippen molar-refractivity contribution in [1.29, 1.82) is 0 Å². The summed E-state index contributed by atoms with van der Waals surface area (Å²) < 4.78 is 5.76. The second-order valence-electron chi connectivity index (χ2n) is 4.58. The fourth-order valence-corrected chi connectivity index (χ4v) is 2.08. The molecule has 0 spiro atoms. The third kappa shape index (κ3) is 1.82. The molecule has 3 rings (SSSR count). The average Bonchev–Trinajstić information content (AvgIpc) is 2.77. The van der Waals surface area contributed by atoms with E-state index in [0.29, 0.717) is 5.88 Å². The van der Waals surface area contributed by atoms with Crippen LogP contribution >= 0.6 is 0 Å². The lowest BCUT2D eigenvalue weighted by Gasteiger charge is -2.11. The van der Waals surface area contributed by atoms with Gasteiger partial charge in [0.2, 0.25) is 5.88 Å². The summed E-state index contributed by atoms with van der Waals surface area (Å²) in [7, 11) is 0. The highest BCUT2D eigenvalue weighted by atomic mass is 16.5. The SMILES string of the molecule is CC[C@@H](C)Oc1cc2c(cn1)[nH]c1ccccc12. The first-order chi connectivity index (χ1) is 8.78. The average molecular weight is 240 g/mol. The zero-order valence-corrected chi connectivity index (χ0v) is 10.6. The van der Waals surface area contributed by atoms with Crippen LogP contribution in [-0.2, 0) is 0 Å². The Morgan fingerprint density at radius 2 is 2.06 bits per heavy atom. The van der Waals surface area contributed by atoms with E-state index < -0.39 is 0 Å². The van der Waals surface area contributed by atoms with Crippen molar-refractivity contribution in [2.45, 2.75) is 26.4 Å². The molecule has 0 amide bonds. The van der Waals surface area contributed by atoms with E-state index >= 15 is 0 Å². The van der Waals surface area contributed by atoms with E-state index in [1.54, 1.807) is 0 Å². The molecule has 3 nitrogen and oxygen atoms in total. The molecule has 2 heterocycles. The minimum Gasteiger partial charge on any atom is -0.475 e. The molecule has 3 heteroatoms. The van der Waals surface area contributed by atoms with Gasteiger partial charge in [0.15, 0.2) is 0 Å². The smallest absolute Gasteiger partial charge is 0.214 e. The van der Waals surface area contributed by atoms with E-state index in [4.69, 9.17) is 4.74 Å². The zero-order chi connectivity index (χ0) is 12.5. The normalized spacial score (nSPS) is 13.0. The van der Waals surface area contributed by atoms with E-state index in [9.17, 15) is 0 Å². The predicted octanol–water partition coefficient (Wildman–Crippen LogP) is 3.89. The van der Waals surface area contributed by atoms with E-state index in [1.165, 1.54) is 10.8 Å². The first-order valence-corrected chi connectivity index (χ1v) is 6.31. The fourth-order valence-electron chi connectivity index (χ4n) is 2.08. The molecule has 0 saturated carbocycles. The zero-order valence-electron chi connectivity index (χ0n) is 10.6. The topological polar surface area (TPSA) is 37.9 Å². The number of H-pyrrole nitrogens is 1. The van der Waals surface area contributed by atoms with Gasteiger partial charge in [-0.05, 0) is 19.4 Å².